The van der Waals surface area contributed by atoms with Gasteiger partial charge in [-0.25, -0.2) is 8.42 Å². The lowest BCUT2D eigenvalue weighted by Crippen LogP contribution is -2.36. The van der Waals surface area contributed by atoms with Crippen molar-refractivity contribution in [2.24, 2.45) is 0 Å². The van der Waals surface area contributed by atoms with E-state index in [0.29, 0.717) is 4.31 Å². The lowest BCUT2D eigenvalue weighted by Gasteiger charge is -2.24. The first-order chi connectivity index (χ1) is 12.1. The number of sulfonamides is 1. The fourth-order valence-electron chi connectivity index (χ4n) is 2.07. The molecule has 0 spiro atoms. The van der Waals surface area contributed by atoms with Crippen LogP contribution in [0.15, 0.2) is 41.3 Å². The summed E-state index contributed by atoms with van der Waals surface area (Å²) in [6.07, 6.45) is 0. The molecule has 0 aliphatic rings. The molecule has 0 aromatic heterocycles. The number of aliphatic carboxylic acids is 1. The van der Waals surface area contributed by atoms with Crippen LogP contribution in [0.4, 0.5) is 11.4 Å². The van der Waals surface area contributed by atoms with E-state index >= 15 is 0 Å². The summed E-state index contributed by atoms with van der Waals surface area (Å²) in [5, 5.41) is 20.0. The highest BCUT2D eigenvalue weighted by Gasteiger charge is 2.34. The Balaban J connectivity index is 2.74. The summed E-state index contributed by atoms with van der Waals surface area (Å²) in [5.74, 6) is -1.51. The smallest absolute Gasteiger partial charge is 0.324 e. The molecule has 1 N–H and O–H groups in total. The van der Waals surface area contributed by atoms with E-state index in [1.54, 1.807) is 0 Å². The Bertz CT molecular complexity index is 996. The molecule has 2 aromatic carbocycles. The second-order valence-electron chi connectivity index (χ2n) is 4.85. The highest BCUT2D eigenvalue weighted by Crippen LogP contribution is 2.38. The summed E-state index contributed by atoms with van der Waals surface area (Å²) >= 11 is 17.7. The predicted octanol–water partition coefficient (Wildman–Crippen LogP) is 3.83. The number of carboxylic acids is 1. The van der Waals surface area contributed by atoms with Gasteiger partial charge in [-0.2, -0.15) is 0 Å². The lowest BCUT2D eigenvalue weighted by molar-refractivity contribution is -0.387. The SMILES string of the molecule is O=C(O)CN(c1cc(Cl)c(Cl)cc1Cl)S(=O)(=O)c1ccccc1[N+](=O)[O-]. The molecule has 8 nitrogen and oxygen atoms in total. The Morgan fingerprint density at radius 1 is 1.12 bits per heavy atom. The van der Waals surface area contributed by atoms with Gasteiger partial charge in [0, 0.05) is 6.07 Å². The van der Waals surface area contributed by atoms with Gasteiger partial charge in [-0.1, -0.05) is 46.9 Å². The third-order valence-electron chi connectivity index (χ3n) is 3.17. The third kappa shape index (κ3) is 4.01. The highest BCUT2D eigenvalue weighted by atomic mass is 35.5. The van der Waals surface area contributed by atoms with Crippen molar-refractivity contribution in [2.45, 2.75) is 4.90 Å². The molecule has 0 unspecified atom stereocenters. The standard InChI is InChI=1S/C14H9Cl3N2O6S/c15-8-5-10(17)12(6-9(8)16)18(7-14(20)21)26(24,25)13-4-2-1-3-11(13)19(22)23/h1-6H,7H2,(H,20,21). The van der Waals surface area contributed by atoms with Crippen molar-refractivity contribution in [2.75, 3.05) is 10.8 Å². The Morgan fingerprint density at radius 2 is 1.69 bits per heavy atom. The number of benzene rings is 2. The molecule has 138 valence electrons. The van der Waals surface area contributed by atoms with Crippen molar-refractivity contribution in [1.29, 1.82) is 0 Å². The monoisotopic (exact) mass is 438 g/mol. The molecule has 12 heteroatoms. The minimum absolute atomic E-state index is 0.0266. The van der Waals surface area contributed by atoms with Gasteiger partial charge >= 0.3 is 5.97 Å². The van der Waals surface area contributed by atoms with Gasteiger partial charge in [-0.3, -0.25) is 19.2 Å². The fraction of sp³-hybridized carbons (Fsp3) is 0.0714. The van der Waals surface area contributed by atoms with E-state index in [-0.39, 0.29) is 20.8 Å². The van der Waals surface area contributed by atoms with E-state index in [1.165, 1.54) is 12.1 Å². The van der Waals surface area contributed by atoms with Gasteiger partial charge in [0.1, 0.15) is 6.54 Å². The largest absolute Gasteiger partial charge is 0.480 e. The minimum atomic E-state index is -4.65. The molecular formula is C14H9Cl3N2O6S. The second kappa shape index (κ2) is 7.67. The van der Waals surface area contributed by atoms with Crippen LogP contribution in [-0.4, -0.2) is 31.0 Å². The Labute approximate surface area is 162 Å². The average molecular weight is 440 g/mol. The van der Waals surface area contributed by atoms with Crippen molar-refractivity contribution in [3.05, 3.63) is 61.6 Å². The summed E-state index contributed by atoms with van der Waals surface area (Å²) in [7, 11) is -4.65. The van der Waals surface area contributed by atoms with Gasteiger partial charge in [0.2, 0.25) is 0 Å². The van der Waals surface area contributed by atoms with Crippen LogP contribution in [0.2, 0.25) is 15.1 Å². The molecule has 0 saturated heterocycles. The molecule has 26 heavy (non-hydrogen) atoms. The van der Waals surface area contributed by atoms with Gasteiger partial charge in [-0.05, 0) is 18.2 Å². The van der Waals surface area contributed by atoms with Crippen LogP contribution in [0.1, 0.15) is 0 Å². The van der Waals surface area contributed by atoms with Crippen LogP contribution in [0, 0.1) is 10.1 Å². The normalized spacial score (nSPS) is 11.2. The van der Waals surface area contributed by atoms with Crippen LogP contribution in [0.25, 0.3) is 0 Å². The summed E-state index contributed by atoms with van der Waals surface area (Å²) in [6, 6.07) is 6.75. The first kappa shape index (κ1) is 20.2. The maximum atomic E-state index is 13.0. The average Bonchev–Trinajstić information content (AvgIpc) is 2.56. The van der Waals surface area contributed by atoms with Gasteiger partial charge < -0.3 is 5.11 Å². The molecule has 0 amide bonds. The first-order valence-corrected chi connectivity index (χ1v) is 9.25. The van der Waals surface area contributed by atoms with E-state index in [9.17, 15) is 23.3 Å². The molecular weight excluding hydrogens is 431 g/mol. The number of nitro benzene ring substituents is 1. The number of carboxylic acid groups (broad SMARTS) is 1. The number of nitrogens with zero attached hydrogens (tertiary/aromatic N) is 2. The van der Waals surface area contributed by atoms with Crippen LogP contribution in [-0.2, 0) is 14.8 Å². The molecule has 0 radical (unpaired) electrons. The zero-order chi connectivity index (χ0) is 19.6. The second-order valence-corrected chi connectivity index (χ2v) is 7.90. The lowest BCUT2D eigenvalue weighted by atomic mass is 10.3. The number of hydrogen-bond donors (Lipinski definition) is 1. The van der Waals surface area contributed by atoms with Crippen molar-refractivity contribution in [1.82, 2.24) is 0 Å². The molecule has 0 atom stereocenters. The Morgan fingerprint density at radius 3 is 2.27 bits per heavy atom. The molecule has 0 aliphatic carbocycles. The fourth-order valence-corrected chi connectivity index (χ4v) is 4.35. The molecule has 0 bridgehead atoms. The molecule has 0 saturated carbocycles. The number of rotatable bonds is 6. The van der Waals surface area contributed by atoms with Crippen molar-refractivity contribution >= 4 is 62.2 Å². The topological polar surface area (TPSA) is 118 Å². The van der Waals surface area contributed by atoms with E-state index in [1.807, 2.05) is 0 Å². The van der Waals surface area contributed by atoms with Crippen LogP contribution in [0.3, 0.4) is 0 Å². The van der Waals surface area contributed by atoms with E-state index < -0.39 is 38.0 Å². The van der Waals surface area contributed by atoms with Gasteiger partial charge in [-0.15, -0.1) is 0 Å². The first-order valence-electron chi connectivity index (χ1n) is 6.68. The van der Waals surface area contributed by atoms with Crippen LogP contribution in [0.5, 0.6) is 0 Å². The van der Waals surface area contributed by atoms with Gasteiger partial charge in [0.05, 0.1) is 25.7 Å². The van der Waals surface area contributed by atoms with Gasteiger partial charge in [0.25, 0.3) is 15.7 Å². The predicted molar refractivity (Wildman–Crippen MR) is 96.7 cm³/mol. The number of para-hydroxylation sites is 1. The van der Waals surface area contributed by atoms with E-state index in [4.69, 9.17) is 39.9 Å². The van der Waals surface area contributed by atoms with Crippen molar-refractivity contribution in [3.8, 4) is 0 Å². The molecule has 2 rings (SSSR count). The number of hydrogen-bond acceptors (Lipinski definition) is 5. The highest BCUT2D eigenvalue weighted by molar-refractivity contribution is 7.93. The maximum absolute atomic E-state index is 13.0. The Hall–Kier alpha value is -2.07. The number of carbonyl (C=O) groups is 1. The minimum Gasteiger partial charge on any atom is -0.480 e. The number of nitro groups is 1. The third-order valence-corrected chi connectivity index (χ3v) is 6.00. The number of halogens is 3. The summed E-state index contributed by atoms with van der Waals surface area (Å²) < 4.78 is 26.3. The molecule has 2 aromatic rings. The van der Waals surface area contributed by atoms with Crippen LogP contribution < -0.4 is 4.31 Å². The summed E-state index contributed by atoms with van der Waals surface area (Å²) in [5.41, 5.74) is -0.985. The van der Waals surface area contributed by atoms with Gasteiger partial charge in [0.15, 0.2) is 4.90 Å². The quantitative estimate of drug-likeness (QED) is 0.415. The maximum Gasteiger partial charge on any atom is 0.324 e. The van der Waals surface area contributed by atoms with Crippen molar-refractivity contribution < 1.29 is 23.2 Å². The van der Waals surface area contributed by atoms with Crippen LogP contribution >= 0.6 is 34.8 Å². The zero-order valence-corrected chi connectivity index (χ0v) is 15.7. The molecule has 0 heterocycles. The summed E-state index contributed by atoms with van der Waals surface area (Å²) in [4.78, 5) is 20.8. The summed E-state index contributed by atoms with van der Waals surface area (Å²) in [6.45, 7) is -1.04. The number of anilines is 1. The Kier molecular flexibility index (Phi) is 5.97. The molecule has 0 aliphatic heterocycles. The van der Waals surface area contributed by atoms with E-state index in [2.05, 4.69) is 0 Å². The van der Waals surface area contributed by atoms with Crippen molar-refractivity contribution in [3.63, 3.8) is 0 Å². The van der Waals surface area contributed by atoms with E-state index in [0.717, 1.165) is 24.3 Å². The molecule has 0 fully saturated rings. The zero-order valence-electron chi connectivity index (χ0n) is 12.6.